The smallest absolute Gasteiger partial charge is 0.00834 e. The van der Waals surface area contributed by atoms with Crippen LogP contribution in [0.3, 0.4) is 0 Å². The number of hydrogen-bond donors (Lipinski definition) is 0. The first-order valence-electron chi connectivity index (χ1n) is 3.75. The molecule has 0 unspecified atom stereocenters. The van der Waals surface area contributed by atoms with Crippen molar-refractivity contribution < 1.29 is 0 Å². The van der Waals surface area contributed by atoms with Gasteiger partial charge in [-0.05, 0) is 12.3 Å². The highest BCUT2D eigenvalue weighted by atomic mass is 13.8. The van der Waals surface area contributed by atoms with Crippen LogP contribution in [0, 0.1) is 18.3 Å². The second kappa shape index (κ2) is 11.1. The summed E-state index contributed by atoms with van der Waals surface area (Å²) in [5.41, 5.74) is 0. The largest absolute Gasteiger partial charge is 0.120 e. The molecule has 0 N–H and O–H groups in total. The average molecular weight is 138 g/mol. The molecule has 0 fully saturated rings. The molecule has 0 rings (SSSR count). The molecule has 10 heavy (non-hydrogen) atoms. The monoisotopic (exact) mass is 138 g/mol. The van der Waals surface area contributed by atoms with E-state index in [1.807, 2.05) is 6.08 Å². The minimum absolute atomic E-state index is 0.648. The molecular formula is C10H18. The number of unbranched alkanes of at least 4 members (excludes halogenated alkanes) is 1. The molecule has 58 valence electrons. The zero-order valence-corrected chi connectivity index (χ0v) is 7.35. The van der Waals surface area contributed by atoms with Crippen LogP contribution in [0.2, 0.25) is 0 Å². The first-order valence-corrected chi connectivity index (χ1v) is 3.75. The van der Waals surface area contributed by atoms with Crippen molar-refractivity contribution in [3.8, 4) is 12.3 Å². The van der Waals surface area contributed by atoms with Crippen molar-refractivity contribution in [2.24, 2.45) is 5.92 Å². The minimum Gasteiger partial charge on any atom is -0.120 e. The van der Waals surface area contributed by atoms with Crippen molar-refractivity contribution in [3.63, 3.8) is 0 Å². The van der Waals surface area contributed by atoms with Crippen LogP contribution in [0.1, 0.15) is 33.6 Å². The third kappa shape index (κ3) is 26.6. The summed E-state index contributed by atoms with van der Waals surface area (Å²) in [6.07, 6.45) is 8.83. The van der Waals surface area contributed by atoms with Gasteiger partial charge in [0, 0.05) is 6.42 Å². The maximum atomic E-state index is 4.89. The van der Waals surface area contributed by atoms with Gasteiger partial charge >= 0.3 is 0 Å². The Kier molecular flexibility index (Phi) is 13.4. The van der Waals surface area contributed by atoms with Gasteiger partial charge in [0.05, 0.1) is 0 Å². The molecule has 0 atom stereocenters. The van der Waals surface area contributed by atoms with Gasteiger partial charge in [0.1, 0.15) is 0 Å². The summed E-state index contributed by atoms with van der Waals surface area (Å²) in [6.45, 7) is 9.84. The predicted octanol–water partition coefficient (Wildman–Crippen LogP) is 3.25. The van der Waals surface area contributed by atoms with E-state index >= 15 is 0 Å². The molecule has 0 amide bonds. The second-order valence-corrected chi connectivity index (χ2v) is 2.43. The summed E-state index contributed by atoms with van der Waals surface area (Å²) in [6, 6.07) is 0. The van der Waals surface area contributed by atoms with Crippen molar-refractivity contribution >= 4 is 0 Å². The van der Waals surface area contributed by atoms with Crippen LogP contribution in [0.15, 0.2) is 12.7 Å². The van der Waals surface area contributed by atoms with E-state index < -0.39 is 0 Å². The van der Waals surface area contributed by atoms with E-state index in [4.69, 9.17) is 6.42 Å². The highest BCUT2D eigenvalue weighted by molar-refractivity contribution is 4.81. The van der Waals surface area contributed by atoms with Crippen LogP contribution in [0.5, 0.6) is 0 Å². The van der Waals surface area contributed by atoms with E-state index in [0.29, 0.717) is 5.92 Å². The van der Waals surface area contributed by atoms with E-state index in [1.54, 1.807) is 0 Å². The van der Waals surface area contributed by atoms with Crippen LogP contribution in [0.4, 0.5) is 0 Å². The molecule has 0 bridgehead atoms. The maximum Gasteiger partial charge on any atom is 0.00834 e. The highest BCUT2D eigenvalue weighted by Gasteiger charge is 1.73. The summed E-state index contributed by atoms with van der Waals surface area (Å²) in [7, 11) is 0. The lowest BCUT2D eigenvalue weighted by Crippen LogP contribution is -1.71. The molecule has 0 spiro atoms. The highest BCUT2D eigenvalue weighted by Crippen LogP contribution is 1.87. The Morgan fingerprint density at radius 2 is 2.00 bits per heavy atom. The molecule has 0 saturated heterocycles. The van der Waals surface area contributed by atoms with Gasteiger partial charge in [-0.1, -0.05) is 26.8 Å². The molecule has 0 saturated carbocycles. The normalized spacial score (nSPS) is 7.50. The van der Waals surface area contributed by atoms with Crippen molar-refractivity contribution in [1.82, 2.24) is 0 Å². The first-order chi connectivity index (χ1) is 4.68. The van der Waals surface area contributed by atoms with E-state index in [9.17, 15) is 0 Å². The van der Waals surface area contributed by atoms with Crippen molar-refractivity contribution in [3.05, 3.63) is 12.7 Å². The number of rotatable bonds is 2. The number of allylic oxidation sites excluding steroid dienone is 1. The quantitative estimate of drug-likeness (QED) is 0.406. The lowest BCUT2D eigenvalue weighted by atomic mass is 10.2. The Morgan fingerprint density at radius 3 is 2.00 bits per heavy atom. The third-order valence-corrected chi connectivity index (χ3v) is 0.866. The average Bonchev–Trinajstić information content (AvgIpc) is 1.91. The fourth-order valence-corrected chi connectivity index (χ4v) is 0.144. The van der Waals surface area contributed by atoms with E-state index in [0.717, 1.165) is 12.8 Å². The second-order valence-electron chi connectivity index (χ2n) is 2.43. The van der Waals surface area contributed by atoms with Crippen molar-refractivity contribution in [1.29, 1.82) is 0 Å². The van der Waals surface area contributed by atoms with E-state index in [1.165, 1.54) is 0 Å². The van der Waals surface area contributed by atoms with Crippen molar-refractivity contribution in [2.45, 2.75) is 33.6 Å². The summed E-state index contributed by atoms with van der Waals surface area (Å²) in [5, 5.41) is 0. The SMILES string of the molecule is C#CCCC.C=CC(C)C. The predicted molar refractivity (Wildman–Crippen MR) is 48.8 cm³/mol. The summed E-state index contributed by atoms with van der Waals surface area (Å²) in [4.78, 5) is 0. The topological polar surface area (TPSA) is 0 Å². The number of terminal acetylenes is 1. The van der Waals surface area contributed by atoms with Gasteiger partial charge in [0.15, 0.2) is 0 Å². The zero-order valence-electron chi connectivity index (χ0n) is 7.35. The van der Waals surface area contributed by atoms with Crippen LogP contribution in [-0.2, 0) is 0 Å². The molecule has 0 aromatic rings. The van der Waals surface area contributed by atoms with Crippen LogP contribution in [-0.4, -0.2) is 0 Å². The molecule has 0 heterocycles. The molecule has 0 aliphatic carbocycles. The molecule has 0 radical (unpaired) electrons. The van der Waals surface area contributed by atoms with Crippen LogP contribution >= 0.6 is 0 Å². The maximum absolute atomic E-state index is 4.89. The minimum atomic E-state index is 0.648. The molecule has 0 aliphatic rings. The van der Waals surface area contributed by atoms with Gasteiger partial charge in [0.2, 0.25) is 0 Å². The Hall–Kier alpha value is -0.700. The summed E-state index contributed by atoms with van der Waals surface area (Å²) in [5.74, 6) is 3.17. The fraction of sp³-hybridized carbons (Fsp3) is 0.600. The molecular weight excluding hydrogens is 120 g/mol. The van der Waals surface area contributed by atoms with Crippen LogP contribution < -0.4 is 0 Å². The fourth-order valence-electron chi connectivity index (χ4n) is 0.144. The number of hydrogen-bond acceptors (Lipinski definition) is 0. The zero-order chi connectivity index (χ0) is 8.41. The molecule has 0 heteroatoms. The van der Waals surface area contributed by atoms with Gasteiger partial charge in [-0.15, -0.1) is 18.9 Å². The standard InChI is InChI=1S/C5H10.C5H8/c1-4-5(2)3;1-3-5-4-2/h4-5H,1H2,2-3H3;1H,4-5H2,2H3. The van der Waals surface area contributed by atoms with Crippen LogP contribution in [0.25, 0.3) is 0 Å². The van der Waals surface area contributed by atoms with E-state index in [-0.39, 0.29) is 0 Å². The Morgan fingerprint density at radius 1 is 1.60 bits per heavy atom. The molecule has 0 aromatic carbocycles. The van der Waals surface area contributed by atoms with Gasteiger partial charge < -0.3 is 0 Å². The summed E-state index contributed by atoms with van der Waals surface area (Å²) >= 11 is 0. The van der Waals surface area contributed by atoms with Gasteiger partial charge in [-0.3, -0.25) is 0 Å². The van der Waals surface area contributed by atoms with Gasteiger partial charge in [-0.25, -0.2) is 0 Å². The van der Waals surface area contributed by atoms with Gasteiger partial charge in [-0.2, -0.15) is 0 Å². The van der Waals surface area contributed by atoms with Gasteiger partial charge in [0.25, 0.3) is 0 Å². The molecule has 0 nitrogen and oxygen atoms in total. The first kappa shape index (κ1) is 12.0. The Bertz CT molecular complexity index is 93.1. The third-order valence-electron chi connectivity index (χ3n) is 0.866. The molecule has 0 aliphatic heterocycles. The summed E-state index contributed by atoms with van der Waals surface area (Å²) < 4.78 is 0. The van der Waals surface area contributed by atoms with E-state index in [2.05, 4.69) is 33.3 Å². The van der Waals surface area contributed by atoms with Crippen molar-refractivity contribution in [2.75, 3.05) is 0 Å². The Labute approximate surface area is 65.3 Å². The lowest BCUT2D eigenvalue weighted by Gasteiger charge is -1.84. The molecule has 0 aromatic heterocycles. The lowest BCUT2D eigenvalue weighted by molar-refractivity contribution is 0.835. The Balaban J connectivity index is 0.